The molecule has 1 aromatic heterocycles. The minimum atomic E-state index is -3.34. The van der Waals surface area contributed by atoms with Crippen molar-refractivity contribution < 1.29 is 8.42 Å². The number of sulfonamides is 1. The number of aryl methyl sites for hydroxylation is 1. The van der Waals surface area contributed by atoms with Crippen molar-refractivity contribution in [2.45, 2.75) is 45.1 Å². The van der Waals surface area contributed by atoms with Crippen LogP contribution in [0.25, 0.3) is 0 Å². The van der Waals surface area contributed by atoms with Crippen molar-refractivity contribution in [3.05, 3.63) is 15.8 Å². The lowest BCUT2D eigenvalue weighted by Gasteiger charge is -2.30. The highest BCUT2D eigenvalue weighted by atomic mass is 32.2. The van der Waals surface area contributed by atoms with Crippen LogP contribution in [-0.2, 0) is 16.6 Å². The summed E-state index contributed by atoms with van der Waals surface area (Å²) in [6.07, 6.45) is 2.09. The quantitative estimate of drug-likeness (QED) is 0.908. The van der Waals surface area contributed by atoms with Gasteiger partial charge >= 0.3 is 0 Å². The molecule has 4 nitrogen and oxygen atoms in total. The van der Waals surface area contributed by atoms with Crippen LogP contribution in [0.1, 0.15) is 37.1 Å². The average Bonchev–Trinajstić information content (AvgIpc) is 2.78. The van der Waals surface area contributed by atoms with E-state index in [1.54, 1.807) is 4.31 Å². The van der Waals surface area contributed by atoms with Crippen molar-refractivity contribution >= 4 is 21.4 Å². The van der Waals surface area contributed by atoms with Crippen molar-refractivity contribution in [2.24, 2.45) is 5.92 Å². The second-order valence-electron chi connectivity index (χ2n) is 5.56. The Morgan fingerprint density at radius 1 is 1.50 bits per heavy atom. The minimum absolute atomic E-state index is 0.453. The summed E-state index contributed by atoms with van der Waals surface area (Å²) in [5.41, 5.74) is 0.876. The predicted molar refractivity (Wildman–Crippen MR) is 83.6 cm³/mol. The van der Waals surface area contributed by atoms with Crippen molar-refractivity contribution in [1.82, 2.24) is 9.62 Å². The van der Waals surface area contributed by atoms with Crippen LogP contribution < -0.4 is 5.32 Å². The normalized spacial score (nSPS) is 21.2. The maximum Gasteiger partial charge on any atom is 0.244 e. The molecule has 1 aliphatic heterocycles. The lowest BCUT2D eigenvalue weighted by molar-refractivity contribution is 0.281. The lowest BCUT2D eigenvalue weighted by Crippen LogP contribution is -2.39. The summed E-state index contributed by atoms with van der Waals surface area (Å²) in [6.45, 7) is 8.83. The van der Waals surface area contributed by atoms with Crippen molar-refractivity contribution in [1.29, 1.82) is 0 Å². The number of thiophene rings is 1. The van der Waals surface area contributed by atoms with Crippen LogP contribution in [0, 0.1) is 12.8 Å². The van der Waals surface area contributed by atoms with E-state index < -0.39 is 10.0 Å². The summed E-state index contributed by atoms with van der Waals surface area (Å²) in [5, 5.41) is 5.18. The first-order valence-corrected chi connectivity index (χ1v) is 9.56. The van der Waals surface area contributed by atoms with Gasteiger partial charge in [0, 0.05) is 24.5 Å². The molecule has 0 aromatic carbocycles. The Morgan fingerprint density at radius 3 is 2.90 bits per heavy atom. The Bertz CT molecular complexity index is 552. The predicted octanol–water partition coefficient (Wildman–Crippen LogP) is 2.59. The fourth-order valence-corrected chi connectivity index (χ4v) is 6.02. The first kappa shape index (κ1) is 15.9. The van der Waals surface area contributed by atoms with Crippen LogP contribution in [0.3, 0.4) is 0 Å². The molecule has 0 aliphatic carbocycles. The zero-order chi connectivity index (χ0) is 14.8. The lowest BCUT2D eigenvalue weighted by atomic mass is 10.0. The van der Waals surface area contributed by atoms with Crippen molar-refractivity contribution in [2.75, 3.05) is 19.6 Å². The van der Waals surface area contributed by atoms with Crippen LogP contribution in [0.2, 0.25) is 0 Å². The number of nitrogens with zero attached hydrogens (tertiary/aromatic N) is 1. The molecule has 6 heteroatoms. The molecule has 1 aromatic rings. The van der Waals surface area contributed by atoms with Crippen LogP contribution in [0.4, 0.5) is 0 Å². The van der Waals surface area contributed by atoms with Gasteiger partial charge in [0.25, 0.3) is 0 Å². The molecule has 0 amide bonds. The maximum atomic E-state index is 12.9. The van der Waals surface area contributed by atoms with E-state index in [-0.39, 0.29) is 0 Å². The molecule has 0 saturated carbocycles. The molecule has 1 atom stereocenters. The van der Waals surface area contributed by atoms with Crippen LogP contribution in [-0.4, -0.2) is 32.4 Å². The van der Waals surface area contributed by atoms with Gasteiger partial charge in [-0.25, -0.2) is 8.42 Å². The monoisotopic (exact) mass is 316 g/mol. The van der Waals surface area contributed by atoms with E-state index in [2.05, 4.69) is 12.2 Å². The zero-order valence-corrected chi connectivity index (χ0v) is 14.1. The number of hydrogen-bond acceptors (Lipinski definition) is 4. The summed E-state index contributed by atoms with van der Waals surface area (Å²) < 4.78 is 27.5. The van der Waals surface area contributed by atoms with Gasteiger partial charge in [0.1, 0.15) is 4.90 Å². The average molecular weight is 316 g/mol. The molecule has 1 saturated heterocycles. The van der Waals surface area contributed by atoms with Crippen LogP contribution in [0.15, 0.2) is 10.3 Å². The third-order valence-electron chi connectivity index (χ3n) is 3.74. The molecule has 1 fully saturated rings. The summed E-state index contributed by atoms with van der Waals surface area (Å²) >= 11 is 1.54. The van der Waals surface area contributed by atoms with Gasteiger partial charge in [-0.15, -0.1) is 11.3 Å². The van der Waals surface area contributed by atoms with E-state index in [1.165, 1.54) is 11.3 Å². The van der Waals surface area contributed by atoms with E-state index >= 15 is 0 Å². The molecule has 0 bridgehead atoms. The molecule has 1 aliphatic rings. The van der Waals surface area contributed by atoms with E-state index in [9.17, 15) is 8.42 Å². The fraction of sp³-hybridized carbons (Fsp3) is 0.714. The zero-order valence-electron chi connectivity index (χ0n) is 12.5. The highest BCUT2D eigenvalue weighted by molar-refractivity contribution is 7.89. The Kier molecular flexibility index (Phi) is 5.23. The Morgan fingerprint density at radius 2 is 2.25 bits per heavy atom. The fourth-order valence-electron chi connectivity index (χ4n) is 2.69. The molecule has 20 heavy (non-hydrogen) atoms. The molecule has 2 rings (SSSR count). The Labute approximate surface area is 126 Å². The third-order valence-corrected chi connectivity index (χ3v) is 7.07. The standard InChI is InChI=1S/C14H24N2O2S2/c1-4-15-8-13-14(12(3)10-19-13)20(17,18)16-7-5-6-11(2)9-16/h10-11,15H,4-9H2,1-3H3. The molecule has 1 N–H and O–H groups in total. The summed E-state index contributed by atoms with van der Waals surface area (Å²) in [5.74, 6) is 0.453. The van der Waals surface area contributed by atoms with E-state index in [0.29, 0.717) is 30.4 Å². The number of hydrogen-bond donors (Lipinski definition) is 1. The highest BCUT2D eigenvalue weighted by Crippen LogP contribution is 2.31. The van der Waals surface area contributed by atoms with Gasteiger partial charge in [-0.2, -0.15) is 4.31 Å². The Hall–Kier alpha value is -0.430. The molecule has 114 valence electrons. The molecular formula is C14H24N2O2S2. The van der Waals surface area contributed by atoms with Gasteiger partial charge in [0.05, 0.1) is 0 Å². The van der Waals surface area contributed by atoms with Gasteiger partial charge < -0.3 is 5.32 Å². The molecule has 0 radical (unpaired) electrons. The number of nitrogens with one attached hydrogen (secondary N) is 1. The third kappa shape index (κ3) is 3.24. The molecule has 1 unspecified atom stereocenters. The van der Waals surface area contributed by atoms with Gasteiger partial charge in [0.15, 0.2) is 0 Å². The SMILES string of the molecule is CCNCc1scc(C)c1S(=O)(=O)N1CCCC(C)C1. The Balaban J connectivity index is 2.31. The van der Waals surface area contributed by atoms with Gasteiger partial charge in [-0.1, -0.05) is 13.8 Å². The minimum Gasteiger partial charge on any atom is -0.312 e. The first-order valence-electron chi connectivity index (χ1n) is 7.24. The van der Waals surface area contributed by atoms with Crippen molar-refractivity contribution in [3.8, 4) is 0 Å². The largest absolute Gasteiger partial charge is 0.312 e. The summed E-state index contributed by atoms with van der Waals surface area (Å²) in [4.78, 5) is 1.47. The smallest absolute Gasteiger partial charge is 0.244 e. The van der Waals surface area contributed by atoms with Gasteiger partial charge in [-0.3, -0.25) is 0 Å². The number of rotatable bonds is 5. The summed E-state index contributed by atoms with van der Waals surface area (Å²) in [7, 11) is -3.34. The van der Waals surface area contributed by atoms with E-state index in [4.69, 9.17) is 0 Å². The maximum absolute atomic E-state index is 12.9. The van der Waals surface area contributed by atoms with E-state index in [0.717, 1.165) is 29.8 Å². The van der Waals surface area contributed by atoms with Crippen LogP contribution >= 0.6 is 11.3 Å². The molecular weight excluding hydrogens is 292 g/mol. The molecule has 2 heterocycles. The topological polar surface area (TPSA) is 49.4 Å². The summed E-state index contributed by atoms with van der Waals surface area (Å²) in [6, 6.07) is 0. The second-order valence-corrected chi connectivity index (χ2v) is 8.40. The van der Waals surface area contributed by atoms with Gasteiger partial charge in [-0.05, 0) is 43.2 Å². The van der Waals surface area contributed by atoms with Crippen molar-refractivity contribution in [3.63, 3.8) is 0 Å². The highest BCUT2D eigenvalue weighted by Gasteiger charge is 2.32. The van der Waals surface area contributed by atoms with E-state index in [1.807, 2.05) is 19.2 Å². The second kappa shape index (κ2) is 6.56. The molecule has 0 spiro atoms. The first-order chi connectivity index (χ1) is 9.46. The number of piperidine rings is 1. The van der Waals surface area contributed by atoms with Crippen LogP contribution in [0.5, 0.6) is 0 Å². The van der Waals surface area contributed by atoms with Gasteiger partial charge in [0.2, 0.25) is 10.0 Å².